The van der Waals surface area contributed by atoms with Gasteiger partial charge in [0.2, 0.25) is 0 Å². The van der Waals surface area contributed by atoms with E-state index in [1.54, 1.807) is 0 Å². The zero-order valence-electron chi connectivity index (χ0n) is 13.9. The predicted molar refractivity (Wildman–Crippen MR) is 85.4 cm³/mol. The van der Waals surface area contributed by atoms with E-state index in [4.69, 9.17) is 4.74 Å². The van der Waals surface area contributed by atoms with Crippen molar-refractivity contribution in [3.05, 3.63) is 18.0 Å². The molecule has 2 unspecified atom stereocenters. The van der Waals surface area contributed by atoms with Crippen molar-refractivity contribution in [1.82, 2.24) is 20.0 Å². The summed E-state index contributed by atoms with van der Waals surface area (Å²) in [5.74, 6) is 0. The van der Waals surface area contributed by atoms with E-state index < -0.39 is 0 Å². The number of rotatable bonds is 7. The van der Waals surface area contributed by atoms with E-state index in [0.29, 0.717) is 0 Å². The number of ether oxygens (including phenoxy) is 1. The quantitative estimate of drug-likeness (QED) is 0.836. The van der Waals surface area contributed by atoms with Crippen LogP contribution >= 0.6 is 0 Å². The van der Waals surface area contributed by atoms with Crippen LogP contribution in [0.2, 0.25) is 0 Å². The highest BCUT2D eigenvalue weighted by atomic mass is 16.5. The van der Waals surface area contributed by atoms with E-state index in [9.17, 15) is 0 Å². The summed E-state index contributed by atoms with van der Waals surface area (Å²) in [6, 6.07) is 0.284. The second-order valence-corrected chi connectivity index (χ2v) is 6.07. The maximum absolute atomic E-state index is 5.52. The van der Waals surface area contributed by atoms with Gasteiger partial charge in [-0.25, -0.2) is 0 Å². The molecule has 0 amide bonds. The Balaban J connectivity index is 2.22. The van der Waals surface area contributed by atoms with E-state index in [2.05, 4.69) is 54.0 Å². The monoisotopic (exact) mass is 294 g/mol. The van der Waals surface area contributed by atoms with Crippen molar-refractivity contribution in [3.63, 3.8) is 0 Å². The predicted octanol–water partition coefficient (Wildman–Crippen LogP) is 2.05. The summed E-state index contributed by atoms with van der Waals surface area (Å²) in [4.78, 5) is 2.56. The van der Waals surface area contributed by atoms with Crippen molar-refractivity contribution in [1.29, 1.82) is 0 Å². The molecule has 0 saturated carbocycles. The lowest BCUT2D eigenvalue weighted by molar-refractivity contribution is -0.0319. The van der Waals surface area contributed by atoms with Crippen molar-refractivity contribution >= 4 is 0 Å². The number of morpholine rings is 1. The van der Waals surface area contributed by atoms with Gasteiger partial charge < -0.3 is 10.1 Å². The van der Waals surface area contributed by atoms with Crippen LogP contribution in [-0.2, 0) is 11.3 Å². The third kappa shape index (κ3) is 3.47. The molecule has 0 radical (unpaired) electrons. The van der Waals surface area contributed by atoms with Gasteiger partial charge >= 0.3 is 0 Å². The van der Waals surface area contributed by atoms with Crippen molar-refractivity contribution < 1.29 is 4.74 Å². The summed E-state index contributed by atoms with van der Waals surface area (Å²) in [6.07, 6.45) is 6.42. The maximum Gasteiger partial charge on any atom is 0.0594 e. The summed E-state index contributed by atoms with van der Waals surface area (Å²) in [6.45, 7) is 11.5. The molecule has 1 aromatic rings. The number of aryl methyl sites for hydroxylation is 1. The second kappa shape index (κ2) is 7.38. The summed E-state index contributed by atoms with van der Waals surface area (Å²) in [7, 11) is 2.05. The van der Waals surface area contributed by atoms with Crippen molar-refractivity contribution in [3.8, 4) is 0 Å². The minimum absolute atomic E-state index is 0.0820. The minimum atomic E-state index is 0.0820. The molecule has 1 aromatic heterocycles. The molecule has 0 bridgehead atoms. The summed E-state index contributed by atoms with van der Waals surface area (Å²) < 4.78 is 7.57. The number of hydrogen-bond donors (Lipinski definition) is 1. The summed E-state index contributed by atoms with van der Waals surface area (Å²) >= 11 is 0. The first-order chi connectivity index (χ1) is 10.2. The van der Waals surface area contributed by atoms with Crippen LogP contribution in [0, 0.1) is 0 Å². The lowest BCUT2D eigenvalue weighted by atomic mass is 9.83. The minimum Gasteiger partial charge on any atom is -0.379 e. The van der Waals surface area contributed by atoms with Gasteiger partial charge in [0.15, 0.2) is 0 Å². The van der Waals surface area contributed by atoms with Gasteiger partial charge in [-0.3, -0.25) is 9.58 Å². The van der Waals surface area contributed by atoms with Crippen LogP contribution in [-0.4, -0.2) is 53.6 Å². The average molecular weight is 294 g/mol. The number of hydrogen-bond acceptors (Lipinski definition) is 4. The van der Waals surface area contributed by atoms with Crippen LogP contribution in [0.1, 0.15) is 45.2 Å². The van der Waals surface area contributed by atoms with Gasteiger partial charge in [0, 0.05) is 36.9 Å². The number of nitrogens with one attached hydrogen (secondary N) is 1. The second-order valence-electron chi connectivity index (χ2n) is 6.07. The largest absolute Gasteiger partial charge is 0.379 e. The van der Waals surface area contributed by atoms with Crippen LogP contribution in [0.25, 0.3) is 0 Å². The molecule has 0 aromatic carbocycles. The molecule has 1 aliphatic rings. The molecule has 5 nitrogen and oxygen atoms in total. The molecular formula is C16H30N4O. The third-order valence-electron chi connectivity index (χ3n) is 4.80. The third-order valence-corrected chi connectivity index (χ3v) is 4.80. The zero-order valence-corrected chi connectivity index (χ0v) is 13.9. The molecule has 120 valence electrons. The number of likely N-dealkylation sites (N-methyl/N-ethyl adjacent to an activating group) is 1. The Morgan fingerprint density at radius 1 is 1.38 bits per heavy atom. The Hall–Kier alpha value is -0.910. The molecular weight excluding hydrogens is 264 g/mol. The Morgan fingerprint density at radius 2 is 2.10 bits per heavy atom. The first kappa shape index (κ1) is 16.5. The lowest BCUT2D eigenvalue weighted by Gasteiger charge is -2.47. The van der Waals surface area contributed by atoms with Crippen LogP contribution < -0.4 is 5.32 Å². The Bertz CT molecular complexity index is 428. The van der Waals surface area contributed by atoms with Gasteiger partial charge in [0.05, 0.1) is 25.5 Å². The molecule has 0 aliphatic carbocycles. The normalized spacial score (nSPS) is 21.1. The molecule has 1 N–H and O–H groups in total. The van der Waals surface area contributed by atoms with Gasteiger partial charge in [0.1, 0.15) is 0 Å². The van der Waals surface area contributed by atoms with E-state index in [1.165, 1.54) is 5.56 Å². The van der Waals surface area contributed by atoms with Gasteiger partial charge in [-0.2, -0.15) is 5.10 Å². The zero-order chi connectivity index (χ0) is 15.3. The fourth-order valence-electron chi connectivity index (χ4n) is 3.40. The van der Waals surface area contributed by atoms with Gasteiger partial charge in [-0.15, -0.1) is 0 Å². The average Bonchev–Trinajstić information content (AvgIpc) is 2.97. The van der Waals surface area contributed by atoms with E-state index in [0.717, 1.165) is 45.7 Å². The molecule has 5 heteroatoms. The SMILES string of the molecule is CCCn1cc(C(NC)C(C)(CC)N2CCOCC2)cn1. The van der Waals surface area contributed by atoms with Crippen LogP contribution in [0.4, 0.5) is 0 Å². The van der Waals surface area contributed by atoms with Crippen LogP contribution in [0.3, 0.4) is 0 Å². The highest BCUT2D eigenvalue weighted by molar-refractivity contribution is 5.17. The molecule has 2 heterocycles. The van der Waals surface area contributed by atoms with Crippen LogP contribution in [0.5, 0.6) is 0 Å². The highest BCUT2D eigenvalue weighted by Crippen LogP contribution is 2.34. The van der Waals surface area contributed by atoms with E-state index in [1.807, 2.05) is 6.20 Å². The Labute approximate surface area is 128 Å². The summed E-state index contributed by atoms with van der Waals surface area (Å²) in [5.41, 5.74) is 1.36. The first-order valence-electron chi connectivity index (χ1n) is 8.18. The number of aromatic nitrogens is 2. The standard InChI is InChI=1S/C16H30N4O/c1-5-7-20-13-14(12-18-20)15(17-4)16(3,6-2)19-8-10-21-11-9-19/h12-13,15,17H,5-11H2,1-4H3. The van der Waals surface area contributed by atoms with Crippen molar-refractivity contribution in [2.45, 2.75) is 51.7 Å². The van der Waals surface area contributed by atoms with Gasteiger partial charge in [0.25, 0.3) is 0 Å². The fourth-order valence-corrected chi connectivity index (χ4v) is 3.40. The Kier molecular flexibility index (Phi) is 5.79. The highest BCUT2D eigenvalue weighted by Gasteiger charge is 2.39. The molecule has 1 saturated heterocycles. The molecule has 1 aliphatic heterocycles. The molecule has 2 atom stereocenters. The fraction of sp³-hybridized carbons (Fsp3) is 0.812. The van der Waals surface area contributed by atoms with E-state index >= 15 is 0 Å². The topological polar surface area (TPSA) is 42.3 Å². The van der Waals surface area contributed by atoms with Crippen molar-refractivity contribution in [2.24, 2.45) is 0 Å². The van der Waals surface area contributed by atoms with Crippen LogP contribution in [0.15, 0.2) is 12.4 Å². The van der Waals surface area contributed by atoms with E-state index in [-0.39, 0.29) is 11.6 Å². The maximum atomic E-state index is 5.52. The Morgan fingerprint density at radius 3 is 2.67 bits per heavy atom. The van der Waals surface area contributed by atoms with Crippen molar-refractivity contribution in [2.75, 3.05) is 33.4 Å². The van der Waals surface area contributed by atoms with Gasteiger partial charge in [-0.05, 0) is 26.8 Å². The lowest BCUT2D eigenvalue weighted by Crippen LogP contribution is -2.57. The molecule has 0 spiro atoms. The smallest absolute Gasteiger partial charge is 0.0594 e. The van der Waals surface area contributed by atoms with Gasteiger partial charge in [-0.1, -0.05) is 13.8 Å². The first-order valence-corrected chi connectivity index (χ1v) is 8.18. The number of nitrogens with zero attached hydrogens (tertiary/aromatic N) is 3. The summed E-state index contributed by atoms with van der Waals surface area (Å²) in [5, 5.41) is 8.03. The molecule has 2 rings (SSSR count). The molecule has 21 heavy (non-hydrogen) atoms. The molecule has 1 fully saturated rings.